The second-order valence-electron chi connectivity index (χ2n) is 6.27. The van der Waals surface area contributed by atoms with Crippen molar-refractivity contribution in [2.24, 2.45) is 0 Å². The Labute approximate surface area is 162 Å². The standard InChI is InChI=1S/C21H21ClN2O3/c1-27-17-8-6-15-12-16(21(26)24-19(15)13-17)10-11-23-20(25)9-7-14-4-2-3-5-18(14)22/h2-6,8,12-13H,7,9-11H2,1H3,(H,23,25)(H,24,26). The number of pyridine rings is 1. The molecule has 0 unspecified atom stereocenters. The zero-order chi connectivity index (χ0) is 19.2. The molecule has 0 aliphatic heterocycles. The highest BCUT2D eigenvalue weighted by atomic mass is 35.5. The van der Waals surface area contributed by atoms with Gasteiger partial charge in [0.1, 0.15) is 5.75 Å². The molecule has 6 heteroatoms. The lowest BCUT2D eigenvalue weighted by atomic mass is 10.1. The molecule has 3 rings (SSSR count). The minimum absolute atomic E-state index is 0.0585. The van der Waals surface area contributed by atoms with Gasteiger partial charge in [0.25, 0.3) is 5.56 Å². The normalized spacial score (nSPS) is 10.7. The fourth-order valence-corrected chi connectivity index (χ4v) is 3.14. The molecule has 0 atom stereocenters. The third kappa shape index (κ3) is 4.89. The van der Waals surface area contributed by atoms with Gasteiger partial charge in [0.2, 0.25) is 5.91 Å². The summed E-state index contributed by atoms with van der Waals surface area (Å²) in [4.78, 5) is 27.1. The van der Waals surface area contributed by atoms with E-state index in [-0.39, 0.29) is 11.5 Å². The van der Waals surface area contributed by atoms with Crippen molar-refractivity contribution in [3.63, 3.8) is 0 Å². The van der Waals surface area contributed by atoms with E-state index in [0.717, 1.165) is 16.5 Å². The van der Waals surface area contributed by atoms with Crippen LogP contribution in [-0.2, 0) is 17.6 Å². The molecule has 1 aromatic heterocycles. The molecule has 0 aliphatic rings. The first kappa shape index (κ1) is 19.0. The summed E-state index contributed by atoms with van der Waals surface area (Å²) in [5, 5.41) is 4.46. The molecule has 2 aromatic carbocycles. The lowest BCUT2D eigenvalue weighted by Gasteiger charge is -2.08. The van der Waals surface area contributed by atoms with Gasteiger partial charge in [-0.1, -0.05) is 29.8 Å². The number of carbonyl (C=O) groups is 1. The number of benzene rings is 2. The number of hydrogen-bond acceptors (Lipinski definition) is 3. The van der Waals surface area contributed by atoms with Gasteiger partial charge >= 0.3 is 0 Å². The Balaban J connectivity index is 1.55. The Morgan fingerprint density at radius 2 is 1.93 bits per heavy atom. The molecule has 0 saturated carbocycles. The van der Waals surface area contributed by atoms with Gasteiger partial charge in [-0.3, -0.25) is 9.59 Å². The molecule has 0 saturated heterocycles. The number of methoxy groups -OCH3 is 1. The van der Waals surface area contributed by atoms with E-state index in [2.05, 4.69) is 10.3 Å². The van der Waals surface area contributed by atoms with E-state index >= 15 is 0 Å². The van der Waals surface area contributed by atoms with Gasteiger partial charge in [0.05, 0.1) is 12.6 Å². The van der Waals surface area contributed by atoms with Crippen molar-refractivity contribution in [1.29, 1.82) is 0 Å². The molecule has 0 bridgehead atoms. The van der Waals surface area contributed by atoms with Crippen LogP contribution in [0.4, 0.5) is 0 Å². The molecule has 140 valence electrons. The quantitative estimate of drug-likeness (QED) is 0.655. The first-order valence-corrected chi connectivity index (χ1v) is 9.14. The summed E-state index contributed by atoms with van der Waals surface area (Å²) in [5.74, 6) is 0.633. The SMILES string of the molecule is COc1ccc2cc(CCNC(=O)CCc3ccccc3Cl)c(=O)[nH]c2c1. The predicted octanol–water partition coefficient (Wildman–Crippen LogP) is 3.48. The first-order valence-electron chi connectivity index (χ1n) is 8.77. The number of aromatic nitrogens is 1. The Morgan fingerprint density at radius 1 is 1.11 bits per heavy atom. The molecule has 1 amide bonds. The maximum absolute atomic E-state index is 12.2. The third-order valence-corrected chi connectivity index (χ3v) is 4.79. The Hall–Kier alpha value is -2.79. The monoisotopic (exact) mass is 384 g/mol. The van der Waals surface area contributed by atoms with Crippen LogP contribution < -0.4 is 15.6 Å². The zero-order valence-corrected chi connectivity index (χ0v) is 15.8. The van der Waals surface area contributed by atoms with Crippen molar-refractivity contribution in [2.45, 2.75) is 19.3 Å². The predicted molar refractivity (Wildman–Crippen MR) is 108 cm³/mol. The van der Waals surface area contributed by atoms with Crippen LogP contribution in [0.5, 0.6) is 5.75 Å². The van der Waals surface area contributed by atoms with Gasteiger partial charge < -0.3 is 15.0 Å². The van der Waals surface area contributed by atoms with E-state index in [1.54, 1.807) is 13.2 Å². The number of aromatic amines is 1. The highest BCUT2D eigenvalue weighted by Gasteiger charge is 2.07. The number of H-pyrrole nitrogens is 1. The van der Waals surface area contributed by atoms with E-state index < -0.39 is 0 Å². The highest BCUT2D eigenvalue weighted by molar-refractivity contribution is 6.31. The van der Waals surface area contributed by atoms with E-state index in [4.69, 9.17) is 16.3 Å². The second-order valence-corrected chi connectivity index (χ2v) is 6.68. The summed E-state index contributed by atoms with van der Waals surface area (Å²) in [6.45, 7) is 0.409. The maximum atomic E-state index is 12.2. The molecule has 3 aromatic rings. The smallest absolute Gasteiger partial charge is 0.251 e. The summed E-state index contributed by atoms with van der Waals surface area (Å²) in [7, 11) is 1.59. The molecular weight excluding hydrogens is 364 g/mol. The summed E-state index contributed by atoms with van der Waals surface area (Å²) in [6, 6.07) is 14.9. The topological polar surface area (TPSA) is 71.2 Å². The fourth-order valence-electron chi connectivity index (χ4n) is 2.91. The second kappa shape index (κ2) is 8.73. The van der Waals surface area contributed by atoms with Crippen LogP contribution in [-0.4, -0.2) is 24.5 Å². The number of ether oxygens (including phenoxy) is 1. The number of hydrogen-bond donors (Lipinski definition) is 2. The molecular formula is C21H21ClN2O3. The van der Waals surface area contributed by atoms with Gasteiger partial charge in [-0.05, 0) is 48.1 Å². The van der Waals surface area contributed by atoms with Gasteiger partial charge in [-0.2, -0.15) is 0 Å². The van der Waals surface area contributed by atoms with Crippen LogP contribution in [0.15, 0.2) is 53.3 Å². The number of amides is 1. The van der Waals surface area contributed by atoms with E-state index in [1.165, 1.54) is 0 Å². The highest BCUT2D eigenvalue weighted by Crippen LogP contribution is 2.18. The van der Waals surface area contributed by atoms with Crippen molar-refractivity contribution >= 4 is 28.4 Å². The van der Waals surface area contributed by atoms with E-state index in [1.807, 2.05) is 42.5 Å². The van der Waals surface area contributed by atoms with Crippen LogP contribution in [0.2, 0.25) is 5.02 Å². The molecule has 0 spiro atoms. The van der Waals surface area contributed by atoms with Gasteiger partial charge in [0, 0.05) is 29.6 Å². The van der Waals surface area contributed by atoms with Crippen LogP contribution in [0, 0.1) is 0 Å². The fraction of sp³-hybridized carbons (Fsp3) is 0.238. The number of rotatable bonds is 7. The summed E-state index contributed by atoms with van der Waals surface area (Å²) < 4.78 is 5.17. The molecule has 27 heavy (non-hydrogen) atoms. The number of carbonyl (C=O) groups excluding carboxylic acids is 1. The first-order chi connectivity index (χ1) is 13.1. The Morgan fingerprint density at radius 3 is 2.70 bits per heavy atom. The van der Waals surface area contributed by atoms with Crippen molar-refractivity contribution in [2.75, 3.05) is 13.7 Å². The van der Waals surface area contributed by atoms with Gasteiger partial charge in [0.15, 0.2) is 0 Å². The van der Waals surface area contributed by atoms with Crippen LogP contribution >= 0.6 is 11.6 Å². The largest absolute Gasteiger partial charge is 0.497 e. The average molecular weight is 385 g/mol. The Bertz CT molecular complexity index is 1010. The van der Waals surface area contributed by atoms with Crippen molar-refractivity contribution in [3.05, 3.63) is 75.0 Å². The Kier molecular flexibility index (Phi) is 6.14. The lowest BCUT2D eigenvalue weighted by Crippen LogP contribution is -2.27. The van der Waals surface area contributed by atoms with Crippen molar-refractivity contribution < 1.29 is 9.53 Å². The molecule has 0 aliphatic carbocycles. The zero-order valence-electron chi connectivity index (χ0n) is 15.0. The van der Waals surface area contributed by atoms with Crippen LogP contribution in [0.1, 0.15) is 17.5 Å². The molecule has 1 heterocycles. The van der Waals surface area contributed by atoms with E-state index in [9.17, 15) is 9.59 Å². The lowest BCUT2D eigenvalue weighted by molar-refractivity contribution is -0.121. The number of nitrogens with one attached hydrogen (secondary N) is 2. The minimum Gasteiger partial charge on any atom is -0.497 e. The van der Waals surface area contributed by atoms with Crippen LogP contribution in [0.25, 0.3) is 10.9 Å². The molecule has 2 N–H and O–H groups in total. The minimum atomic E-state index is -0.152. The molecule has 5 nitrogen and oxygen atoms in total. The number of aryl methyl sites for hydroxylation is 1. The maximum Gasteiger partial charge on any atom is 0.251 e. The summed E-state index contributed by atoms with van der Waals surface area (Å²) >= 11 is 6.10. The van der Waals surface area contributed by atoms with Crippen LogP contribution in [0.3, 0.4) is 0 Å². The van der Waals surface area contributed by atoms with Gasteiger partial charge in [-0.15, -0.1) is 0 Å². The van der Waals surface area contributed by atoms with Crippen molar-refractivity contribution in [3.8, 4) is 5.75 Å². The number of fused-ring (bicyclic) bond motifs is 1. The van der Waals surface area contributed by atoms with E-state index in [0.29, 0.717) is 42.1 Å². The number of halogens is 1. The summed E-state index contributed by atoms with van der Waals surface area (Å²) in [6.07, 6.45) is 1.41. The van der Waals surface area contributed by atoms with Gasteiger partial charge in [-0.25, -0.2) is 0 Å². The average Bonchev–Trinajstić information content (AvgIpc) is 2.67. The third-order valence-electron chi connectivity index (χ3n) is 4.43. The molecule has 0 fully saturated rings. The summed E-state index contributed by atoms with van der Waals surface area (Å²) in [5.41, 5.74) is 2.17. The van der Waals surface area contributed by atoms with Crippen molar-refractivity contribution in [1.82, 2.24) is 10.3 Å². The molecule has 0 radical (unpaired) electrons.